The van der Waals surface area contributed by atoms with Crippen molar-refractivity contribution in [3.8, 4) is 5.88 Å². The van der Waals surface area contributed by atoms with Gasteiger partial charge in [-0.2, -0.15) is 0 Å². The number of anilines is 1. The summed E-state index contributed by atoms with van der Waals surface area (Å²) >= 11 is 1.35. The highest BCUT2D eigenvalue weighted by molar-refractivity contribution is 7.18. The summed E-state index contributed by atoms with van der Waals surface area (Å²) in [5, 5.41) is 2.85. The molecule has 0 unspecified atom stereocenters. The summed E-state index contributed by atoms with van der Waals surface area (Å²) in [5.41, 5.74) is 0.645. The van der Waals surface area contributed by atoms with Gasteiger partial charge in [-0.3, -0.25) is 9.20 Å². The number of nitrogens with one attached hydrogen (secondary N) is 1. The van der Waals surface area contributed by atoms with E-state index in [4.69, 9.17) is 4.74 Å². The van der Waals surface area contributed by atoms with Gasteiger partial charge in [-0.1, -0.05) is 11.3 Å². The highest BCUT2D eigenvalue weighted by Gasteiger charge is 2.18. The van der Waals surface area contributed by atoms with Gasteiger partial charge in [0.1, 0.15) is 11.0 Å². The zero-order chi connectivity index (χ0) is 17.2. The smallest absolute Gasteiger partial charge is 0.267 e. The number of ether oxygens (including phenoxy) is 1. The lowest BCUT2D eigenvalue weighted by Gasteiger charge is -2.28. The maximum atomic E-state index is 12.3. The van der Waals surface area contributed by atoms with Crippen LogP contribution < -0.4 is 10.1 Å². The Morgan fingerprint density at radius 3 is 2.88 bits per heavy atom. The molecule has 0 atom stereocenters. The zero-order valence-corrected chi connectivity index (χ0v) is 14.7. The topological polar surface area (TPSA) is 71.8 Å². The van der Waals surface area contributed by atoms with Crippen LogP contribution in [0.15, 0.2) is 36.9 Å². The number of amides is 1. The maximum absolute atomic E-state index is 12.3. The molecule has 1 aliphatic rings. The molecule has 0 spiro atoms. The van der Waals surface area contributed by atoms with E-state index in [1.807, 2.05) is 16.7 Å². The number of likely N-dealkylation sites (tertiary alicyclic amines) is 1. The fourth-order valence-corrected chi connectivity index (χ4v) is 3.66. The van der Waals surface area contributed by atoms with Crippen molar-refractivity contribution in [1.82, 2.24) is 19.3 Å². The van der Waals surface area contributed by atoms with Gasteiger partial charge in [0.2, 0.25) is 5.88 Å². The van der Waals surface area contributed by atoms with Crippen molar-refractivity contribution in [2.75, 3.05) is 25.5 Å². The standard InChI is InChI=1S/C17H19N5O2S/c1-21-7-4-13(5-8-21)24-15-3-2-12(10-19-15)20-16(23)14-11-22-9-6-18-17(22)25-14/h2-3,6,9-11,13H,4-5,7-8H2,1H3,(H,20,23). The minimum atomic E-state index is -0.165. The van der Waals surface area contributed by atoms with E-state index in [-0.39, 0.29) is 12.0 Å². The van der Waals surface area contributed by atoms with E-state index in [9.17, 15) is 4.79 Å². The molecule has 1 aliphatic heterocycles. The molecule has 4 rings (SSSR count). The van der Waals surface area contributed by atoms with Crippen molar-refractivity contribution in [2.45, 2.75) is 18.9 Å². The van der Waals surface area contributed by atoms with E-state index in [0.29, 0.717) is 16.4 Å². The van der Waals surface area contributed by atoms with E-state index in [2.05, 4.69) is 27.2 Å². The number of nitrogens with zero attached hydrogens (tertiary/aromatic N) is 4. The molecule has 0 aromatic carbocycles. The Bertz CT molecular complexity index is 836. The van der Waals surface area contributed by atoms with Gasteiger partial charge < -0.3 is 15.0 Å². The van der Waals surface area contributed by atoms with Gasteiger partial charge in [0.15, 0.2) is 4.96 Å². The summed E-state index contributed by atoms with van der Waals surface area (Å²) in [4.78, 5) is 24.5. The molecule has 1 amide bonds. The van der Waals surface area contributed by atoms with Gasteiger partial charge in [-0.15, -0.1) is 0 Å². The number of hydrogen-bond donors (Lipinski definition) is 1. The van der Waals surface area contributed by atoms with Crippen LogP contribution in [0.3, 0.4) is 0 Å². The number of piperidine rings is 1. The fourth-order valence-electron chi connectivity index (χ4n) is 2.82. The molecular weight excluding hydrogens is 338 g/mol. The summed E-state index contributed by atoms with van der Waals surface area (Å²) in [6.45, 7) is 2.09. The first-order chi connectivity index (χ1) is 12.2. The Kier molecular flexibility index (Phi) is 4.37. The van der Waals surface area contributed by atoms with Gasteiger partial charge in [0.05, 0.1) is 11.9 Å². The number of carbonyl (C=O) groups is 1. The molecule has 0 bridgehead atoms. The predicted molar refractivity (Wildman–Crippen MR) is 96.4 cm³/mol. The fraction of sp³-hybridized carbons (Fsp3) is 0.353. The number of hydrogen-bond acceptors (Lipinski definition) is 6. The average Bonchev–Trinajstić information content (AvgIpc) is 3.20. The number of thiazole rings is 1. The molecular formula is C17H19N5O2S. The molecule has 3 aromatic heterocycles. The lowest BCUT2D eigenvalue weighted by Crippen LogP contribution is -2.35. The highest BCUT2D eigenvalue weighted by Crippen LogP contribution is 2.20. The van der Waals surface area contributed by atoms with Crippen LogP contribution in [0.25, 0.3) is 4.96 Å². The summed E-state index contributed by atoms with van der Waals surface area (Å²) in [7, 11) is 2.12. The van der Waals surface area contributed by atoms with Crippen LogP contribution in [-0.2, 0) is 0 Å². The zero-order valence-electron chi connectivity index (χ0n) is 13.9. The first-order valence-corrected chi connectivity index (χ1v) is 9.04. The van der Waals surface area contributed by atoms with Crippen LogP contribution in [0.2, 0.25) is 0 Å². The molecule has 130 valence electrons. The van der Waals surface area contributed by atoms with Crippen LogP contribution in [-0.4, -0.2) is 51.4 Å². The second-order valence-electron chi connectivity index (χ2n) is 6.17. The van der Waals surface area contributed by atoms with E-state index in [0.717, 1.165) is 30.9 Å². The number of aromatic nitrogens is 3. The van der Waals surface area contributed by atoms with Crippen LogP contribution in [0.1, 0.15) is 22.5 Å². The van der Waals surface area contributed by atoms with Crippen LogP contribution in [0.5, 0.6) is 5.88 Å². The Morgan fingerprint density at radius 2 is 2.16 bits per heavy atom. The first kappa shape index (κ1) is 16.0. The second kappa shape index (κ2) is 6.81. The maximum Gasteiger partial charge on any atom is 0.267 e. The molecule has 3 aromatic rings. The van der Waals surface area contributed by atoms with Gasteiger partial charge >= 0.3 is 0 Å². The number of carbonyl (C=O) groups excluding carboxylic acids is 1. The van der Waals surface area contributed by atoms with Crippen LogP contribution >= 0.6 is 11.3 Å². The lowest BCUT2D eigenvalue weighted by atomic mass is 10.1. The molecule has 1 N–H and O–H groups in total. The quantitative estimate of drug-likeness (QED) is 0.777. The van der Waals surface area contributed by atoms with Crippen LogP contribution in [0.4, 0.5) is 5.69 Å². The third kappa shape index (κ3) is 3.64. The number of fused-ring (bicyclic) bond motifs is 1. The highest BCUT2D eigenvalue weighted by atomic mass is 32.1. The number of imidazole rings is 1. The Balaban J connectivity index is 1.36. The SMILES string of the molecule is CN1CCC(Oc2ccc(NC(=O)c3cn4ccnc4s3)cn2)CC1. The normalized spacial score (nSPS) is 16.2. The minimum absolute atomic E-state index is 0.165. The molecule has 0 radical (unpaired) electrons. The molecule has 8 heteroatoms. The Labute approximate surface area is 149 Å². The molecule has 0 saturated carbocycles. The van der Waals surface area contributed by atoms with Crippen molar-refractivity contribution in [3.05, 3.63) is 41.8 Å². The largest absolute Gasteiger partial charge is 0.474 e. The van der Waals surface area contributed by atoms with Gasteiger partial charge in [-0.05, 0) is 26.0 Å². The van der Waals surface area contributed by atoms with E-state index in [1.165, 1.54) is 11.3 Å². The molecule has 4 heterocycles. The molecule has 0 aliphatic carbocycles. The Morgan fingerprint density at radius 1 is 1.32 bits per heavy atom. The van der Waals surface area contributed by atoms with E-state index >= 15 is 0 Å². The monoisotopic (exact) mass is 357 g/mol. The second-order valence-corrected chi connectivity index (χ2v) is 7.18. The van der Waals surface area contributed by atoms with E-state index < -0.39 is 0 Å². The van der Waals surface area contributed by atoms with Crippen molar-refractivity contribution in [3.63, 3.8) is 0 Å². The van der Waals surface area contributed by atoms with Crippen LogP contribution in [0, 0.1) is 0 Å². The van der Waals surface area contributed by atoms with Gasteiger partial charge in [-0.25, -0.2) is 9.97 Å². The van der Waals surface area contributed by atoms with Crippen molar-refractivity contribution in [2.24, 2.45) is 0 Å². The first-order valence-electron chi connectivity index (χ1n) is 8.22. The summed E-state index contributed by atoms with van der Waals surface area (Å²) in [6.07, 6.45) is 9.16. The molecule has 1 fully saturated rings. The average molecular weight is 357 g/mol. The number of pyridine rings is 1. The molecule has 7 nitrogen and oxygen atoms in total. The van der Waals surface area contributed by atoms with Crippen molar-refractivity contribution >= 4 is 27.9 Å². The minimum Gasteiger partial charge on any atom is -0.474 e. The van der Waals surface area contributed by atoms with Gasteiger partial charge in [0, 0.05) is 37.7 Å². The summed E-state index contributed by atoms with van der Waals surface area (Å²) in [5.74, 6) is 0.434. The predicted octanol–water partition coefficient (Wildman–Crippen LogP) is 2.52. The van der Waals surface area contributed by atoms with Gasteiger partial charge in [0.25, 0.3) is 5.91 Å². The number of rotatable bonds is 4. The Hall–Kier alpha value is -2.45. The third-order valence-electron chi connectivity index (χ3n) is 4.26. The lowest BCUT2D eigenvalue weighted by molar-refractivity contribution is 0.102. The van der Waals surface area contributed by atoms with Crippen molar-refractivity contribution in [1.29, 1.82) is 0 Å². The van der Waals surface area contributed by atoms with E-state index in [1.54, 1.807) is 24.7 Å². The third-order valence-corrected chi connectivity index (χ3v) is 5.27. The summed E-state index contributed by atoms with van der Waals surface area (Å²) < 4.78 is 7.75. The molecule has 25 heavy (non-hydrogen) atoms. The summed E-state index contributed by atoms with van der Waals surface area (Å²) in [6, 6.07) is 3.61. The molecule has 1 saturated heterocycles. The van der Waals surface area contributed by atoms with Crippen molar-refractivity contribution < 1.29 is 9.53 Å².